The van der Waals surface area contributed by atoms with E-state index in [1.807, 2.05) is 6.92 Å². The van der Waals surface area contributed by atoms with E-state index in [4.69, 9.17) is 0 Å². The molecule has 0 aliphatic rings. The lowest BCUT2D eigenvalue weighted by Gasteiger charge is -1.78. The molecule has 0 aromatic heterocycles. The molecule has 2 heteroatoms. The predicted octanol–water partition coefficient (Wildman–Crippen LogP) is 0.982. The van der Waals surface area contributed by atoms with Gasteiger partial charge in [-0.1, -0.05) is 0 Å². The zero-order chi connectivity index (χ0) is 6.24. The smallest absolute Gasteiger partial charge is 0.0733 e. The molecule has 0 aromatic rings. The van der Waals surface area contributed by atoms with Crippen LogP contribution in [0, 0.1) is 6.92 Å². The zero-order valence-corrected chi connectivity index (χ0v) is 5.17. The Hall–Kier alpha value is -0.660. The summed E-state index contributed by atoms with van der Waals surface area (Å²) < 4.78 is 0. The van der Waals surface area contributed by atoms with E-state index in [0.717, 1.165) is 6.54 Å². The Morgan fingerprint density at radius 1 is 1.50 bits per heavy atom. The minimum atomic E-state index is 0.664. The second-order valence-electron chi connectivity index (χ2n) is 1.23. The van der Waals surface area contributed by atoms with E-state index in [-0.39, 0.29) is 0 Å². The van der Waals surface area contributed by atoms with Gasteiger partial charge in [0.15, 0.2) is 0 Å². The third-order valence-corrected chi connectivity index (χ3v) is 0.628. The van der Waals surface area contributed by atoms with Crippen molar-refractivity contribution in [3.63, 3.8) is 0 Å². The summed E-state index contributed by atoms with van der Waals surface area (Å²) >= 11 is 0. The molecule has 8 heavy (non-hydrogen) atoms. The third-order valence-electron chi connectivity index (χ3n) is 0.628. The van der Waals surface area contributed by atoms with E-state index in [9.17, 15) is 0 Å². The van der Waals surface area contributed by atoms with E-state index >= 15 is 0 Å². The van der Waals surface area contributed by atoms with Crippen molar-refractivity contribution in [2.75, 3.05) is 13.1 Å². The van der Waals surface area contributed by atoms with Gasteiger partial charge in [0.2, 0.25) is 0 Å². The molecule has 0 aliphatic carbocycles. The van der Waals surface area contributed by atoms with Gasteiger partial charge in [-0.05, 0) is 20.1 Å². The summed E-state index contributed by atoms with van der Waals surface area (Å²) in [5, 5.41) is 0. The van der Waals surface area contributed by atoms with Gasteiger partial charge in [0.05, 0.1) is 6.54 Å². The van der Waals surface area contributed by atoms with Gasteiger partial charge >= 0.3 is 0 Å². The van der Waals surface area contributed by atoms with Crippen molar-refractivity contribution in [1.82, 2.24) is 0 Å². The average molecular weight is 111 g/mol. The van der Waals surface area contributed by atoms with Crippen LogP contribution in [0.15, 0.2) is 9.98 Å². The molecule has 0 N–H and O–H groups in total. The second kappa shape index (κ2) is 6.34. The van der Waals surface area contributed by atoms with Gasteiger partial charge in [0.1, 0.15) is 0 Å². The first-order chi connectivity index (χ1) is 3.91. The Kier molecular flexibility index (Phi) is 5.82. The minimum Gasteiger partial charge on any atom is -0.296 e. The maximum absolute atomic E-state index is 3.94. The van der Waals surface area contributed by atoms with Crippen LogP contribution >= 0.6 is 0 Å². The number of hydrogen-bond acceptors (Lipinski definition) is 2. The summed E-state index contributed by atoms with van der Waals surface area (Å²) in [6, 6.07) is 0. The summed E-state index contributed by atoms with van der Waals surface area (Å²) in [5.74, 6) is 0. The fraction of sp³-hybridized carbons (Fsp3) is 0.500. The van der Waals surface area contributed by atoms with E-state index in [1.165, 1.54) is 6.21 Å². The highest BCUT2D eigenvalue weighted by molar-refractivity contribution is 5.67. The van der Waals surface area contributed by atoms with E-state index in [0.29, 0.717) is 6.54 Å². The molecule has 0 unspecified atom stereocenters. The molecular weight excluding hydrogens is 100 g/mol. The van der Waals surface area contributed by atoms with Gasteiger partial charge in [0, 0.05) is 12.8 Å². The van der Waals surface area contributed by atoms with Crippen LogP contribution in [0.2, 0.25) is 0 Å². The summed E-state index contributed by atoms with van der Waals surface area (Å²) in [5.41, 5.74) is 0. The number of hydrogen-bond donors (Lipinski definition) is 0. The summed E-state index contributed by atoms with van der Waals surface area (Å²) in [4.78, 5) is 7.77. The lowest BCUT2D eigenvalue weighted by atomic mass is 10.7. The highest BCUT2D eigenvalue weighted by Gasteiger charge is 1.66. The van der Waals surface area contributed by atoms with Crippen LogP contribution in [0.3, 0.4) is 0 Å². The molecule has 0 aromatic carbocycles. The lowest BCUT2D eigenvalue weighted by Crippen LogP contribution is -1.81. The fourth-order valence-corrected chi connectivity index (χ4v) is 0.309. The first-order valence-corrected chi connectivity index (χ1v) is 2.67. The molecule has 0 aliphatic heterocycles. The van der Waals surface area contributed by atoms with E-state index in [1.54, 1.807) is 6.21 Å². The number of nitrogens with zero attached hydrogens (tertiary/aromatic N) is 2. The highest BCUT2D eigenvalue weighted by Crippen LogP contribution is 1.65. The maximum atomic E-state index is 3.94. The van der Waals surface area contributed by atoms with Gasteiger partial charge in [0.25, 0.3) is 0 Å². The van der Waals surface area contributed by atoms with Crippen molar-refractivity contribution in [2.45, 2.75) is 6.92 Å². The zero-order valence-electron chi connectivity index (χ0n) is 5.17. The molecule has 0 saturated heterocycles. The fourth-order valence-electron chi connectivity index (χ4n) is 0.309. The Labute approximate surface area is 50.4 Å². The second-order valence-corrected chi connectivity index (χ2v) is 1.23. The standard InChI is InChI=1S/C6H11N2/c1-3-7-5-6-8-4-2/h3,6H,1,4-5H2,2H3. The van der Waals surface area contributed by atoms with Gasteiger partial charge in [-0.3, -0.25) is 9.98 Å². The van der Waals surface area contributed by atoms with Crippen molar-refractivity contribution in [3.05, 3.63) is 6.92 Å². The summed E-state index contributed by atoms with van der Waals surface area (Å²) in [7, 11) is 0. The monoisotopic (exact) mass is 111 g/mol. The molecule has 45 valence electrons. The van der Waals surface area contributed by atoms with Gasteiger partial charge in [-0.25, -0.2) is 0 Å². The van der Waals surface area contributed by atoms with Gasteiger partial charge in [-0.15, -0.1) is 0 Å². The van der Waals surface area contributed by atoms with Gasteiger partial charge < -0.3 is 0 Å². The first-order valence-electron chi connectivity index (χ1n) is 2.67. The molecular formula is C6H11N2. The van der Waals surface area contributed by atoms with Crippen LogP contribution in [-0.2, 0) is 0 Å². The Morgan fingerprint density at radius 3 is 2.75 bits per heavy atom. The van der Waals surface area contributed by atoms with Crippen LogP contribution in [0.1, 0.15) is 6.92 Å². The lowest BCUT2D eigenvalue weighted by molar-refractivity contribution is 1.13. The average Bonchev–Trinajstić information content (AvgIpc) is 1.81. The first kappa shape index (κ1) is 7.34. The molecule has 0 atom stereocenters. The summed E-state index contributed by atoms with van der Waals surface area (Å²) in [6.07, 6.45) is 3.31. The van der Waals surface area contributed by atoms with Crippen LogP contribution in [0.4, 0.5) is 0 Å². The predicted molar refractivity (Wildman–Crippen MR) is 37.7 cm³/mol. The largest absolute Gasteiger partial charge is 0.296 e. The van der Waals surface area contributed by atoms with Crippen molar-refractivity contribution in [3.8, 4) is 0 Å². The van der Waals surface area contributed by atoms with Crippen LogP contribution < -0.4 is 0 Å². The van der Waals surface area contributed by atoms with Crippen LogP contribution in [-0.4, -0.2) is 25.5 Å². The SMILES string of the molecule is [CH2]C=NCC=NCC. The molecule has 0 rings (SSSR count). The Bertz CT molecular complexity index is 84.5. The highest BCUT2D eigenvalue weighted by atomic mass is 14.8. The molecule has 0 spiro atoms. The van der Waals surface area contributed by atoms with Crippen LogP contribution in [0.5, 0.6) is 0 Å². The normalized spacial score (nSPS) is 11.8. The molecule has 0 heterocycles. The molecule has 0 amide bonds. The van der Waals surface area contributed by atoms with Crippen molar-refractivity contribution < 1.29 is 0 Å². The number of aliphatic imine (C=N–C) groups is 2. The molecule has 2 nitrogen and oxygen atoms in total. The topological polar surface area (TPSA) is 24.7 Å². The maximum Gasteiger partial charge on any atom is 0.0733 e. The Morgan fingerprint density at radius 2 is 2.25 bits per heavy atom. The van der Waals surface area contributed by atoms with Crippen LogP contribution in [0.25, 0.3) is 0 Å². The summed E-state index contributed by atoms with van der Waals surface area (Å²) in [6.45, 7) is 6.92. The minimum absolute atomic E-state index is 0.664. The molecule has 0 bridgehead atoms. The third kappa shape index (κ3) is 5.34. The van der Waals surface area contributed by atoms with E-state index < -0.39 is 0 Å². The van der Waals surface area contributed by atoms with Gasteiger partial charge in [-0.2, -0.15) is 0 Å². The Balaban J connectivity index is 3.03. The molecule has 0 saturated carbocycles. The molecule has 0 fully saturated rings. The van der Waals surface area contributed by atoms with Crippen molar-refractivity contribution in [1.29, 1.82) is 0 Å². The van der Waals surface area contributed by atoms with Crippen molar-refractivity contribution >= 4 is 12.4 Å². The van der Waals surface area contributed by atoms with E-state index in [2.05, 4.69) is 16.9 Å². The van der Waals surface area contributed by atoms with Crippen molar-refractivity contribution in [2.24, 2.45) is 9.98 Å². The number of rotatable bonds is 3. The molecule has 1 radical (unpaired) electrons. The quantitative estimate of drug-likeness (QED) is 0.485.